The molecule has 0 saturated carbocycles. The summed E-state index contributed by atoms with van der Waals surface area (Å²) in [4.78, 5) is 30.8. The SMILES string of the molecule is CCN(CC)C(=O)[C@H]1CCCN(c2ccc([N+](=O)[O-])cc2[C@H]2OCCCN2Cc2ccc(Cl)cc2)C1. The van der Waals surface area contributed by atoms with Crippen LogP contribution in [0.4, 0.5) is 11.4 Å². The highest BCUT2D eigenvalue weighted by atomic mass is 35.5. The maximum absolute atomic E-state index is 13.1. The quantitative estimate of drug-likeness (QED) is 0.353. The number of piperidine rings is 1. The molecule has 0 aromatic heterocycles. The number of non-ortho nitro benzene ring substituents is 1. The molecule has 0 bridgehead atoms. The van der Waals surface area contributed by atoms with Crippen LogP contribution in [0.5, 0.6) is 0 Å². The summed E-state index contributed by atoms with van der Waals surface area (Å²) >= 11 is 6.07. The van der Waals surface area contributed by atoms with E-state index in [2.05, 4.69) is 9.80 Å². The molecular weight excluding hydrogens is 480 g/mol. The Balaban J connectivity index is 1.65. The maximum atomic E-state index is 13.1. The summed E-state index contributed by atoms with van der Waals surface area (Å²) in [6, 6.07) is 12.8. The Morgan fingerprint density at radius 1 is 1.14 bits per heavy atom. The lowest BCUT2D eigenvalue weighted by Crippen LogP contribution is -2.45. The predicted octanol–water partition coefficient (Wildman–Crippen LogP) is 5.25. The third kappa shape index (κ3) is 5.99. The van der Waals surface area contributed by atoms with E-state index in [1.807, 2.05) is 49.1 Å². The van der Waals surface area contributed by atoms with Crippen molar-refractivity contribution in [3.8, 4) is 0 Å². The number of halogens is 1. The number of anilines is 1. The Morgan fingerprint density at radius 3 is 2.58 bits per heavy atom. The van der Waals surface area contributed by atoms with Crippen LogP contribution in [-0.4, -0.2) is 60.0 Å². The van der Waals surface area contributed by atoms with Gasteiger partial charge in [-0.3, -0.25) is 19.8 Å². The van der Waals surface area contributed by atoms with Crippen molar-refractivity contribution in [1.29, 1.82) is 0 Å². The largest absolute Gasteiger partial charge is 0.370 e. The van der Waals surface area contributed by atoms with Gasteiger partial charge < -0.3 is 14.5 Å². The number of nitro benzene ring substituents is 1. The number of nitrogens with zero attached hydrogens (tertiary/aromatic N) is 4. The van der Waals surface area contributed by atoms with E-state index in [4.69, 9.17) is 16.3 Å². The van der Waals surface area contributed by atoms with E-state index in [-0.39, 0.29) is 22.4 Å². The van der Waals surface area contributed by atoms with Gasteiger partial charge in [-0.15, -0.1) is 0 Å². The predicted molar refractivity (Wildman–Crippen MR) is 141 cm³/mol. The van der Waals surface area contributed by atoms with Gasteiger partial charge in [0, 0.05) is 67.7 Å². The number of carbonyl (C=O) groups is 1. The van der Waals surface area contributed by atoms with Crippen molar-refractivity contribution < 1.29 is 14.5 Å². The molecule has 2 atom stereocenters. The molecule has 9 heteroatoms. The molecule has 1 amide bonds. The molecule has 2 heterocycles. The van der Waals surface area contributed by atoms with Crippen molar-refractivity contribution in [3.63, 3.8) is 0 Å². The molecule has 2 aliphatic rings. The number of hydrogen-bond acceptors (Lipinski definition) is 6. The molecule has 0 aliphatic carbocycles. The summed E-state index contributed by atoms with van der Waals surface area (Å²) in [5, 5.41) is 12.4. The second kappa shape index (κ2) is 12.0. The number of amides is 1. The minimum atomic E-state index is -0.414. The minimum absolute atomic E-state index is 0.0437. The first-order valence-corrected chi connectivity index (χ1v) is 13.2. The maximum Gasteiger partial charge on any atom is 0.270 e. The third-order valence-corrected chi connectivity index (χ3v) is 7.42. The normalized spacial score (nSPS) is 20.8. The lowest BCUT2D eigenvalue weighted by atomic mass is 9.94. The van der Waals surface area contributed by atoms with Gasteiger partial charge in [0.1, 0.15) is 6.23 Å². The van der Waals surface area contributed by atoms with E-state index in [1.54, 1.807) is 12.1 Å². The van der Waals surface area contributed by atoms with Gasteiger partial charge in [0.05, 0.1) is 17.4 Å². The number of hydrogen-bond donors (Lipinski definition) is 0. The summed E-state index contributed by atoms with van der Waals surface area (Å²) in [6.07, 6.45) is 2.23. The topological polar surface area (TPSA) is 79.2 Å². The molecule has 2 aromatic rings. The van der Waals surface area contributed by atoms with Gasteiger partial charge in [0.15, 0.2) is 0 Å². The fourth-order valence-electron chi connectivity index (χ4n) is 5.29. The lowest BCUT2D eigenvalue weighted by Gasteiger charge is -2.40. The highest BCUT2D eigenvalue weighted by molar-refractivity contribution is 6.30. The molecular formula is C27H35ClN4O4. The van der Waals surface area contributed by atoms with Crippen LogP contribution >= 0.6 is 11.6 Å². The number of nitro groups is 1. The minimum Gasteiger partial charge on any atom is -0.370 e. The smallest absolute Gasteiger partial charge is 0.270 e. The van der Waals surface area contributed by atoms with Crippen LogP contribution in [0.3, 0.4) is 0 Å². The first-order valence-electron chi connectivity index (χ1n) is 12.8. The molecule has 2 aromatic carbocycles. The van der Waals surface area contributed by atoms with Crippen molar-refractivity contribution in [2.24, 2.45) is 5.92 Å². The fraction of sp³-hybridized carbons (Fsp3) is 0.519. The molecule has 2 fully saturated rings. The molecule has 0 spiro atoms. The first kappa shape index (κ1) is 26.4. The van der Waals surface area contributed by atoms with Gasteiger partial charge in [-0.2, -0.15) is 0 Å². The van der Waals surface area contributed by atoms with E-state index in [9.17, 15) is 14.9 Å². The molecule has 194 valence electrons. The van der Waals surface area contributed by atoms with Crippen LogP contribution in [0.15, 0.2) is 42.5 Å². The Morgan fingerprint density at radius 2 is 1.89 bits per heavy atom. The van der Waals surface area contributed by atoms with Crippen molar-refractivity contribution >= 4 is 28.9 Å². The zero-order chi connectivity index (χ0) is 25.7. The van der Waals surface area contributed by atoms with E-state index in [0.717, 1.165) is 49.2 Å². The molecule has 8 nitrogen and oxygen atoms in total. The van der Waals surface area contributed by atoms with Gasteiger partial charge in [-0.05, 0) is 56.9 Å². The lowest BCUT2D eigenvalue weighted by molar-refractivity contribution is -0.385. The van der Waals surface area contributed by atoms with Crippen LogP contribution in [0.1, 0.15) is 50.5 Å². The van der Waals surface area contributed by atoms with E-state index in [1.165, 1.54) is 0 Å². The van der Waals surface area contributed by atoms with Gasteiger partial charge >= 0.3 is 0 Å². The van der Waals surface area contributed by atoms with Crippen molar-refractivity contribution in [2.45, 2.75) is 45.9 Å². The molecule has 0 radical (unpaired) electrons. The Labute approximate surface area is 217 Å². The first-order chi connectivity index (χ1) is 17.4. The van der Waals surface area contributed by atoms with Crippen LogP contribution in [0.2, 0.25) is 5.02 Å². The molecule has 0 N–H and O–H groups in total. The van der Waals surface area contributed by atoms with Crippen molar-refractivity contribution in [2.75, 3.05) is 44.2 Å². The zero-order valence-electron chi connectivity index (χ0n) is 21.1. The van der Waals surface area contributed by atoms with Crippen molar-refractivity contribution in [3.05, 3.63) is 68.7 Å². The van der Waals surface area contributed by atoms with Gasteiger partial charge in [0.25, 0.3) is 5.69 Å². The molecule has 4 rings (SSSR count). The highest BCUT2D eigenvalue weighted by Crippen LogP contribution is 2.38. The average molecular weight is 515 g/mol. The summed E-state index contributed by atoms with van der Waals surface area (Å²) in [7, 11) is 0. The van der Waals surface area contributed by atoms with Crippen LogP contribution < -0.4 is 4.90 Å². The second-order valence-electron chi connectivity index (χ2n) is 9.47. The summed E-state index contributed by atoms with van der Waals surface area (Å²) in [5.41, 5.74) is 2.84. The monoisotopic (exact) mass is 514 g/mol. The Bertz CT molecular complexity index is 1060. The number of rotatable bonds is 8. The van der Waals surface area contributed by atoms with Crippen LogP contribution in [-0.2, 0) is 16.1 Å². The summed E-state index contributed by atoms with van der Waals surface area (Å²) < 4.78 is 6.26. The number of benzene rings is 2. The van der Waals surface area contributed by atoms with Crippen LogP contribution in [0, 0.1) is 16.0 Å². The van der Waals surface area contributed by atoms with Crippen molar-refractivity contribution in [1.82, 2.24) is 9.80 Å². The van der Waals surface area contributed by atoms with Gasteiger partial charge in [-0.1, -0.05) is 23.7 Å². The van der Waals surface area contributed by atoms with Gasteiger partial charge in [-0.25, -0.2) is 0 Å². The summed E-state index contributed by atoms with van der Waals surface area (Å²) in [6.45, 7) is 8.87. The van der Waals surface area contributed by atoms with E-state index < -0.39 is 6.23 Å². The standard InChI is InChI=1S/C27H35ClN4O4/c1-3-29(4-2)26(33)21-7-5-14-30(19-21)25-13-12-23(32(34)35)17-24(25)27-31(15-6-16-36-27)18-20-8-10-22(28)11-9-20/h8-13,17,21,27H,3-7,14-16,18-19H2,1-2H3/t21-,27+/m0/s1. The molecule has 0 unspecified atom stereocenters. The van der Waals surface area contributed by atoms with Gasteiger partial charge in [0.2, 0.25) is 5.91 Å². The third-order valence-electron chi connectivity index (χ3n) is 7.17. The highest BCUT2D eigenvalue weighted by Gasteiger charge is 2.33. The summed E-state index contributed by atoms with van der Waals surface area (Å²) in [5.74, 6) is 0.102. The van der Waals surface area contributed by atoms with Crippen LogP contribution in [0.25, 0.3) is 0 Å². The number of carbonyl (C=O) groups excluding carboxylic acids is 1. The number of ether oxygens (including phenoxy) is 1. The molecule has 2 aliphatic heterocycles. The molecule has 36 heavy (non-hydrogen) atoms. The average Bonchev–Trinajstić information content (AvgIpc) is 2.90. The van der Waals surface area contributed by atoms with E-state index in [0.29, 0.717) is 37.8 Å². The second-order valence-corrected chi connectivity index (χ2v) is 9.91. The molecule has 2 saturated heterocycles. The van der Waals surface area contributed by atoms with E-state index >= 15 is 0 Å². The Kier molecular flexibility index (Phi) is 8.82. The fourth-order valence-corrected chi connectivity index (χ4v) is 5.42. The zero-order valence-corrected chi connectivity index (χ0v) is 21.8. The Hall–Kier alpha value is -2.68.